The Labute approximate surface area is 71.7 Å². The van der Waals surface area contributed by atoms with Crippen LogP contribution in [-0.2, 0) is 9.53 Å². The van der Waals surface area contributed by atoms with Crippen LogP contribution in [-0.4, -0.2) is 23.8 Å². The second kappa shape index (κ2) is 5.32. The molecule has 0 spiro atoms. The Morgan fingerprint density at radius 1 is 1.58 bits per heavy atom. The second-order valence-corrected chi connectivity index (χ2v) is 2.09. The van der Waals surface area contributed by atoms with Crippen molar-refractivity contribution in [3.8, 4) is 0 Å². The maximum atomic E-state index is 10.9. The van der Waals surface area contributed by atoms with Gasteiger partial charge in [-0.2, -0.15) is 0 Å². The van der Waals surface area contributed by atoms with Gasteiger partial charge < -0.3 is 9.84 Å². The van der Waals surface area contributed by atoms with Crippen molar-refractivity contribution >= 4 is 5.97 Å². The number of aliphatic hydroxyl groups excluding tert-OH is 1. The van der Waals surface area contributed by atoms with Crippen LogP contribution in [0, 0.1) is 0 Å². The third kappa shape index (κ3) is 3.16. The minimum absolute atomic E-state index is 0.0214. The minimum Gasteiger partial charge on any atom is -0.458 e. The molecule has 0 heterocycles. The van der Waals surface area contributed by atoms with E-state index >= 15 is 0 Å². The van der Waals surface area contributed by atoms with Crippen LogP contribution < -0.4 is 0 Å². The van der Waals surface area contributed by atoms with Crippen molar-refractivity contribution in [2.24, 2.45) is 0 Å². The normalized spacial score (nSPS) is 11.4. The molecule has 0 saturated heterocycles. The standard InChI is InChI=1S/C9H12O3/c1-4-6-12-9(11)7(3)8(10)5-2/h4-5,8,10H,1-3,6H2. The minimum atomic E-state index is -1.04. The first kappa shape index (κ1) is 10.7. The maximum Gasteiger partial charge on any atom is 0.336 e. The lowest BCUT2D eigenvalue weighted by Crippen LogP contribution is -2.17. The summed E-state index contributed by atoms with van der Waals surface area (Å²) >= 11 is 0. The van der Waals surface area contributed by atoms with E-state index in [4.69, 9.17) is 5.11 Å². The van der Waals surface area contributed by atoms with Crippen molar-refractivity contribution in [1.82, 2.24) is 0 Å². The molecule has 0 amide bonds. The number of aliphatic hydroxyl groups is 1. The van der Waals surface area contributed by atoms with Crippen LogP contribution in [0.1, 0.15) is 0 Å². The van der Waals surface area contributed by atoms with E-state index in [0.717, 1.165) is 0 Å². The highest BCUT2D eigenvalue weighted by atomic mass is 16.5. The van der Waals surface area contributed by atoms with Crippen molar-refractivity contribution in [2.75, 3.05) is 6.61 Å². The van der Waals surface area contributed by atoms with E-state index in [0.29, 0.717) is 0 Å². The highest BCUT2D eigenvalue weighted by Crippen LogP contribution is 2.02. The van der Waals surface area contributed by atoms with Crippen LogP contribution in [0.2, 0.25) is 0 Å². The molecule has 3 nitrogen and oxygen atoms in total. The quantitative estimate of drug-likeness (QED) is 0.375. The van der Waals surface area contributed by atoms with Gasteiger partial charge in [-0.25, -0.2) is 4.79 Å². The molecule has 0 aliphatic carbocycles. The van der Waals surface area contributed by atoms with E-state index in [1.54, 1.807) is 0 Å². The largest absolute Gasteiger partial charge is 0.458 e. The van der Waals surface area contributed by atoms with Gasteiger partial charge in [0.1, 0.15) is 12.7 Å². The third-order valence-electron chi connectivity index (χ3n) is 1.17. The van der Waals surface area contributed by atoms with Gasteiger partial charge in [-0.1, -0.05) is 25.3 Å². The summed E-state index contributed by atoms with van der Waals surface area (Å²) in [6, 6.07) is 0. The second-order valence-electron chi connectivity index (χ2n) is 2.09. The zero-order valence-corrected chi connectivity index (χ0v) is 6.82. The van der Waals surface area contributed by atoms with Crippen LogP contribution in [0.15, 0.2) is 37.5 Å². The number of hydrogen-bond acceptors (Lipinski definition) is 3. The van der Waals surface area contributed by atoms with Gasteiger partial charge in [-0.3, -0.25) is 0 Å². The Hall–Kier alpha value is -1.35. The van der Waals surface area contributed by atoms with Crippen molar-refractivity contribution in [1.29, 1.82) is 0 Å². The van der Waals surface area contributed by atoms with E-state index < -0.39 is 12.1 Å². The molecule has 0 fully saturated rings. The molecular weight excluding hydrogens is 156 g/mol. The maximum absolute atomic E-state index is 10.9. The number of esters is 1. The van der Waals surface area contributed by atoms with Crippen molar-refractivity contribution < 1.29 is 14.6 Å². The summed E-state index contributed by atoms with van der Waals surface area (Å²) < 4.78 is 4.61. The average Bonchev–Trinajstić information content (AvgIpc) is 2.11. The Bertz CT molecular complexity index is 206. The van der Waals surface area contributed by atoms with Crippen LogP contribution in [0.25, 0.3) is 0 Å². The molecule has 0 bridgehead atoms. The monoisotopic (exact) mass is 168 g/mol. The van der Waals surface area contributed by atoms with Crippen molar-refractivity contribution in [3.63, 3.8) is 0 Å². The van der Waals surface area contributed by atoms with Gasteiger partial charge in [0, 0.05) is 0 Å². The highest BCUT2D eigenvalue weighted by molar-refractivity contribution is 5.89. The summed E-state index contributed by atoms with van der Waals surface area (Å²) in [5.41, 5.74) is -0.0214. The Morgan fingerprint density at radius 2 is 2.17 bits per heavy atom. The molecule has 0 aromatic heterocycles. The van der Waals surface area contributed by atoms with Crippen LogP contribution in [0.5, 0.6) is 0 Å². The molecule has 1 N–H and O–H groups in total. The molecule has 3 heteroatoms. The smallest absolute Gasteiger partial charge is 0.336 e. The molecule has 66 valence electrons. The molecule has 0 aromatic rings. The van der Waals surface area contributed by atoms with E-state index in [-0.39, 0.29) is 12.2 Å². The first-order valence-electron chi connectivity index (χ1n) is 3.41. The van der Waals surface area contributed by atoms with Gasteiger partial charge in [-0.05, 0) is 0 Å². The summed E-state index contributed by atoms with van der Waals surface area (Å²) in [5, 5.41) is 9.05. The number of carbonyl (C=O) groups excluding carboxylic acids is 1. The fraction of sp³-hybridized carbons (Fsp3) is 0.222. The fourth-order valence-corrected chi connectivity index (χ4v) is 0.490. The topological polar surface area (TPSA) is 46.5 Å². The zero-order chi connectivity index (χ0) is 9.56. The van der Waals surface area contributed by atoms with Gasteiger partial charge in [0.15, 0.2) is 0 Å². The fourth-order valence-electron chi connectivity index (χ4n) is 0.490. The Kier molecular flexibility index (Phi) is 4.72. The molecule has 0 aliphatic heterocycles. The van der Waals surface area contributed by atoms with Crippen LogP contribution in [0.4, 0.5) is 0 Å². The number of ether oxygens (including phenoxy) is 1. The zero-order valence-electron chi connectivity index (χ0n) is 6.82. The number of carbonyl (C=O) groups is 1. The van der Waals surface area contributed by atoms with Gasteiger partial charge >= 0.3 is 5.97 Å². The van der Waals surface area contributed by atoms with Gasteiger partial charge in [0.05, 0.1) is 5.57 Å². The van der Waals surface area contributed by atoms with Crippen molar-refractivity contribution in [2.45, 2.75) is 6.10 Å². The van der Waals surface area contributed by atoms with Crippen LogP contribution >= 0.6 is 0 Å². The molecule has 1 atom stereocenters. The van der Waals surface area contributed by atoms with Crippen LogP contribution in [0.3, 0.4) is 0 Å². The molecule has 0 rings (SSSR count). The van der Waals surface area contributed by atoms with E-state index in [2.05, 4.69) is 24.5 Å². The molecule has 0 radical (unpaired) electrons. The summed E-state index contributed by atoms with van der Waals surface area (Å²) in [6.45, 7) is 10.1. The summed E-state index contributed by atoms with van der Waals surface area (Å²) in [4.78, 5) is 10.9. The van der Waals surface area contributed by atoms with Gasteiger partial charge in [-0.15, -0.1) is 6.58 Å². The molecular formula is C9H12O3. The summed E-state index contributed by atoms with van der Waals surface area (Å²) in [6.07, 6.45) is 1.60. The van der Waals surface area contributed by atoms with E-state index in [1.807, 2.05) is 0 Å². The molecule has 12 heavy (non-hydrogen) atoms. The Balaban J connectivity index is 4.01. The predicted molar refractivity (Wildman–Crippen MR) is 46.5 cm³/mol. The lowest BCUT2D eigenvalue weighted by atomic mass is 10.2. The molecule has 0 aliphatic rings. The Morgan fingerprint density at radius 3 is 2.58 bits per heavy atom. The molecule has 0 aromatic carbocycles. The first-order valence-corrected chi connectivity index (χ1v) is 3.41. The summed E-state index contributed by atoms with van der Waals surface area (Å²) in [7, 11) is 0. The lowest BCUT2D eigenvalue weighted by molar-refractivity contribution is -0.138. The van der Waals surface area contributed by atoms with E-state index in [9.17, 15) is 4.79 Å². The third-order valence-corrected chi connectivity index (χ3v) is 1.17. The number of hydrogen-bond donors (Lipinski definition) is 1. The molecule has 0 saturated carbocycles. The highest BCUT2D eigenvalue weighted by Gasteiger charge is 2.13. The molecule has 1 unspecified atom stereocenters. The van der Waals surface area contributed by atoms with E-state index in [1.165, 1.54) is 12.2 Å². The average molecular weight is 168 g/mol. The first-order chi connectivity index (χ1) is 5.63. The lowest BCUT2D eigenvalue weighted by Gasteiger charge is -2.07. The summed E-state index contributed by atoms with van der Waals surface area (Å²) in [5.74, 6) is -0.637. The van der Waals surface area contributed by atoms with Gasteiger partial charge in [0.2, 0.25) is 0 Å². The SMILES string of the molecule is C=CCOC(=O)C(=C)C(O)C=C. The van der Waals surface area contributed by atoms with Crippen molar-refractivity contribution in [3.05, 3.63) is 37.5 Å². The van der Waals surface area contributed by atoms with Gasteiger partial charge in [0.25, 0.3) is 0 Å². The number of rotatable bonds is 5. The predicted octanol–water partition coefficient (Wildman–Crippen LogP) is 0.819.